The molecule has 0 unspecified atom stereocenters. The van der Waals surface area contributed by atoms with Crippen molar-refractivity contribution in [1.82, 2.24) is 0 Å². The summed E-state index contributed by atoms with van der Waals surface area (Å²) in [4.78, 5) is 0. The SMILES string of the molecule is CCCC(CN)(CCC)CCCN. The first-order chi connectivity index (χ1) is 6.24. The molecule has 0 heterocycles. The average Bonchev–Trinajstić information content (AvgIpc) is 2.15. The Bertz CT molecular complexity index is 107. The van der Waals surface area contributed by atoms with Crippen molar-refractivity contribution in [3.05, 3.63) is 0 Å². The summed E-state index contributed by atoms with van der Waals surface area (Å²) in [5.41, 5.74) is 11.8. The van der Waals surface area contributed by atoms with Crippen LogP contribution in [-0.4, -0.2) is 13.1 Å². The fraction of sp³-hybridized carbons (Fsp3) is 1.00. The third kappa shape index (κ3) is 4.63. The zero-order valence-electron chi connectivity index (χ0n) is 9.31. The van der Waals surface area contributed by atoms with Crippen molar-refractivity contribution >= 4 is 0 Å². The number of rotatable bonds is 8. The van der Waals surface area contributed by atoms with Crippen LogP contribution in [-0.2, 0) is 0 Å². The van der Waals surface area contributed by atoms with Gasteiger partial charge in [0.2, 0.25) is 0 Å². The van der Waals surface area contributed by atoms with Crippen LogP contribution in [0.3, 0.4) is 0 Å². The van der Waals surface area contributed by atoms with Crippen LogP contribution in [0.15, 0.2) is 0 Å². The van der Waals surface area contributed by atoms with E-state index < -0.39 is 0 Å². The van der Waals surface area contributed by atoms with Crippen molar-refractivity contribution in [3.63, 3.8) is 0 Å². The van der Waals surface area contributed by atoms with Crippen LogP contribution in [0.4, 0.5) is 0 Å². The fourth-order valence-corrected chi connectivity index (χ4v) is 2.22. The van der Waals surface area contributed by atoms with Gasteiger partial charge in [-0.05, 0) is 44.2 Å². The zero-order chi connectivity index (χ0) is 10.2. The van der Waals surface area contributed by atoms with E-state index in [0.717, 1.165) is 19.5 Å². The molecule has 0 aliphatic heterocycles. The van der Waals surface area contributed by atoms with Crippen LogP contribution < -0.4 is 11.5 Å². The summed E-state index contributed by atoms with van der Waals surface area (Å²) in [6.45, 7) is 6.11. The summed E-state index contributed by atoms with van der Waals surface area (Å²) in [5, 5.41) is 0. The summed E-state index contributed by atoms with van der Waals surface area (Å²) in [7, 11) is 0. The maximum atomic E-state index is 5.88. The molecule has 13 heavy (non-hydrogen) atoms. The van der Waals surface area contributed by atoms with Gasteiger partial charge in [0.05, 0.1) is 0 Å². The molecule has 0 aromatic carbocycles. The number of hydrogen-bond acceptors (Lipinski definition) is 2. The Labute approximate surface area is 83.1 Å². The molecule has 0 rings (SSSR count). The normalized spacial score (nSPS) is 12.0. The summed E-state index contributed by atoms with van der Waals surface area (Å²) in [6.07, 6.45) is 7.33. The van der Waals surface area contributed by atoms with Gasteiger partial charge in [-0.25, -0.2) is 0 Å². The molecule has 0 aliphatic carbocycles. The first-order valence-electron chi connectivity index (χ1n) is 5.64. The molecule has 0 spiro atoms. The molecule has 0 aromatic rings. The summed E-state index contributed by atoms with van der Waals surface area (Å²) in [5.74, 6) is 0. The van der Waals surface area contributed by atoms with Gasteiger partial charge in [-0.2, -0.15) is 0 Å². The third-order valence-electron chi connectivity index (χ3n) is 2.90. The molecule has 0 aromatic heterocycles. The zero-order valence-corrected chi connectivity index (χ0v) is 9.31. The van der Waals surface area contributed by atoms with Gasteiger partial charge in [0.1, 0.15) is 0 Å². The second kappa shape index (κ2) is 7.34. The van der Waals surface area contributed by atoms with E-state index in [4.69, 9.17) is 11.5 Å². The topological polar surface area (TPSA) is 52.0 Å². The molecule has 80 valence electrons. The highest BCUT2D eigenvalue weighted by molar-refractivity contribution is 4.79. The lowest BCUT2D eigenvalue weighted by Gasteiger charge is -2.32. The van der Waals surface area contributed by atoms with Gasteiger partial charge in [0, 0.05) is 0 Å². The van der Waals surface area contributed by atoms with Gasteiger partial charge in [-0.15, -0.1) is 0 Å². The predicted molar refractivity (Wildman–Crippen MR) is 59.6 cm³/mol. The van der Waals surface area contributed by atoms with Crippen LogP contribution in [0.25, 0.3) is 0 Å². The van der Waals surface area contributed by atoms with E-state index in [1.54, 1.807) is 0 Å². The molecule has 2 heteroatoms. The van der Waals surface area contributed by atoms with Gasteiger partial charge in [-0.1, -0.05) is 26.7 Å². The van der Waals surface area contributed by atoms with Crippen molar-refractivity contribution in [2.24, 2.45) is 16.9 Å². The molecular formula is C11H26N2. The van der Waals surface area contributed by atoms with Gasteiger partial charge >= 0.3 is 0 Å². The Balaban J connectivity index is 4.07. The predicted octanol–water partition coefficient (Wildman–Crippen LogP) is 2.27. The van der Waals surface area contributed by atoms with Crippen molar-refractivity contribution in [3.8, 4) is 0 Å². The van der Waals surface area contributed by atoms with Crippen molar-refractivity contribution < 1.29 is 0 Å². The highest BCUT2D eigenvalue weighted by Crippen LogP contribution is 2.33. The van der Waals surface area contributed by atoms with Crippen molar-refractivity contribution in [2.75, 3.05) is 13.1 Å². The molecule has 0 amide bonds. The van der Waals surface area contributed by atoms with E-state index in [1.807, 2.05) is 0 Å². The molecule has 4 N–H and O–H groups in total. The smallest absolute Gasteiger partial charge is 0.00205 e. The largest absolute Gasteiger partial charge is 0.330 e. The lowest BCUT2D eigenvalue weighted by molar-refractivity contribution is 0.220. The Hall–Kier alpha value is -0.0800. The van der Waals surface area contributed by atoms with Gasteiger partial charge < -0.3 is 11.5 Å². The van der Waals surface area contributed by atoms with E-state index in [1.165, 1.54) is 32.1 Å². The van der Waals surface area contributed by atoms with Gasteiger partial charge in [0.25, 0.3) is 0 Å². The second-order valence-electron chi connectivity index (χ2n) is 4.10. The quantitative estimate of drug-likeness (QED) is 0.611. The van der Waals surface area contributed by atoms with Gasteiger partial charge in [-0.3, -0.25) is 0 Å². The fourth-order valence-electron chi connectivity index (χ4n) is 2.22. The average molecular weight is 186 g/mol. The minimum absolute atomic E-state index is 0.392. The Morgan fingerprint density at radius 2 is 1.46 bits per heavy atom. The Kier molecular flexibility index (Phi) is 7.29. The molecule has 0 saturated heterocycles. The second-order valence-corrected chi connectivity index (χ2v) is 4.10. The van der Waals surface area contributed by atoms with Crippen LogP contribution in [0, 0.1) is 5.41 Å². The van der Waals surface area contributed by atoms with E-state index in [2.05, 4.69) is 13.8 Å². The van der Waals surface area contributed by atoms with E-state index >= 15 is 0 Å². The monoisotopic (exact) mass is 186 g/mol. The molecule has 0 fully saturated rings. The number of nitrogens with two attached hydrogens (primary N) is 2. The van der Waals surface area contributed by atoms with E-state index in [-0.39, 0.29) is 0 Å². The highest BCUT2D eigenvalue weighted by atomic mass is 14.6. The maximum absolute atomic E-state index is 5.88. The van der Waals surface area contributed by atoms with Crippen LogP contribution in [0.1, 0.15) is 52.4 Å². The first-order valence-corrected chi connectivity index (χ1v) is 5.64. The Morgan fingerprint density at radius 3 is 1.77 bits per heavy atom. The van der Waals surface area contributed by atoms with Crippen molar-refractivity contribution in [1.29, 1.82) is 0 Å². The summed E-state index contributed by atoms with van der Waals surface area (Å²) in [6, 6.07) is 0. The molecule has 2 nitrogen and oxygen atoms in total. The Morgan fingerprint density at radius 1 is 0.923 bits per heavy atom. The molecule has 0 radical (unpaired) electrons. The van der Waals surface area contributed by atoms with Crippen LogP contribution in [0.5, 0.6) is 0 Å². The minimum atomic E-state index is 0.392. The maximum Gasteiger partial charge on any atom is -0.00205 e. The molecular weight excluding hydrogens is 160 g/mol. The summed E-state index contributed by atoms with van der Waals surface area (Å²) >= 11 is 0. The van der Waals surface area contributed by atoms with Crippen LogP contribution >= 0.6 is 0 Å². The highest BCUT2D eigenvalue weighted by Gasteiger charge is 2.25. The molecule has 0 saturated carbocycles. The molecule has 0 atom stereocenters. The lowest BCUT2D eigenvalue weighted by Crippen LogP contribution is -2.31. The van der Waals surface area contributed by atoms with Crippen LogP contribution in [0.2, 0.25) is 0 Å². The lowest BCUT2D eigenvalue weighted by atomic mass is 9.75. The summed E-state index contributed by atoms with van der Waals surface area (Å²) < 4.78 is 0. The van der Waals surface area contributed by atoms with Crippen molar-refractivity contribution in [2.45, 2.75) is 52.4 Å². The number of hydrogen-bond donors (Lipinski definition) is 2. The van der Waals surface area contributed by atoms with E-state index in [9.17, 15) is 0 Å². The first kappa shape index (κ1) is 12.9. The standard InChI is InChI=1S/C11H26N2/c1-3-6-11(10-13,7-4-2)8-5-9-12/h3-10,12-13H2,1-2H3. The van der Waals surface area contributed by atoms with E-state index in [0.29, 0.717) is 5.41 Å². The molecule has 0 bridgehead atoms. The molecule has 0 aliphatic rings. The van der Waals surface area contributed by atoms with Gasteiger partial charge in [0.15, 0.2) is 0 Å². The minimum Gasteiger partial charge on any atom is -0.330 e. The third-order valence-corrected chi connectivity index (χ3v) is 2.90.